The monoisotopic (exact) mass is 497 g/mol. The van der Waals surface area contributed by atoms with Gasteiger partial charge in [-0.15, -0.1) is 0 Å². The van der Waals surface area contributed by atoms with Crippen LogP contribution in [0.5, 0.6) is 23.0 Å². The van der Waals surface area contributed by atoms with Gasteiger partial charge < -0.3 is 24.3 Å². The van der Waals surface area contributed by atoms with Crippen molar-refractivity contribution in [2.45, 2.75) is 5.75 Å². The van der Waals surface area contributed by atoms with E-state index >= 15 is 0 Å². The minimum Gasteiger partial charge on any atom is -0.496 e. The van der Waals surface area contributed by atoms with Crippen LogP contribution in [0.4, 0.5) is 5.69 Å². The summed E-state index contributed by atoms with van der Waals surface area (Å²) in [6, 6.07) is 16.8. The summed E-state index contributed by atoms with van der Waals surface area (Å²) >= 11 is 0. The molecule has 1 amide bonds. The molecular formula is C26H27NO7S. The molecule has 0 radical (unpaired) electrons. The number of nitrogens with one attached hydrogen (secondary N) is 1. The Balaban J connectivity index is 1.85. The highest BCUT2D eigenvalue weighted by Gasteiger charge is 2.16. The Morgan fingerprint density at radius 1 is 0.829 bits per heavy atom. The summed E-state index contributed by atoms with van der Waals surface area (Å²) in [5.74, 6) is 1.12. The third-order valence-corrected chi connectivity index (χ3v) is 6.40. The van der Waals surface area contributed by atoms with Gasteiger partial charge in [-0.25, -0.2) is 8.42 Å². The molecule has 3 aromatic carbocycles. The van der Waals surface area contributed by atoms with Gasteiger partial charge in [0, 0.05) is 23.1 Å². The lowest BCUT2D eigenvalue weighted by molar-refractivity contribution is 0.102. The number of sulfone groups is 1. The fourth-order valence-corrected chi connectivity index (χ4v) is 4.46. The number of carbonyl (C=O) groups excluding carboxylic acids is 1. The molecule has 0 heterocycles. The minimum absolute atomic E-state index is 0.289. The molecule has 0 bridgehead atoms. The fraction of sp³-hybridized carbons (Fsp3) is 0.192. The Bertz CT molecular complexity index is 1290. The van der Waals surface area contributed by atoms with Gasteiger partial charge in [-0.2, -0.15) is 0 Å². The minimum atomic E-state index is -3.69. The van der Waals surface area contributed by atoms with Crippen molar-refractivity contribution in [1.29, 1.82) is 0 Å². The highest BCUT2D eigenvalue weighted by atomic mass is 32.2. The van der Waals surface area contributed by atoms with Gasteiger partial charge in [-0.05, 0) is 35.9 Å². The van der Waals surface area contributed by atoms with E-state index in [0.29, 0.717) is 45.4 Å². The van der Waals surface area contributed by atoms with Crippen molar-refractivity contribution in [2.24, 2.45) is 0 Å². The second-order valence-corrected chi connectivity index (χ2v) is 9.30. The first-order valence-corrected chi connectivity index (χ1v) is 12.3. The van der Waals surface area contributed by atoms with Crippen LogP contribution >= 0.6 is 0 Å². The molecule has 0 saturated carbocycles. The van der Waals surface area contributed by atoms with E-state index in [1.807, 2.05) is 6.07 Å². The summed E-state index contributed by atoms with van der Waals surface area (Å²) < 4.78 is 47.1. The molecule has 8 nitrogen and oxygen atoms in total. The number of hydrogen-bond donors (Lipinski definition) is 1. The van der Waals surface area contributed by atoms with Gasteiger partial charge in [0.2, 0.25) is 0 Å². The molecule has 3 aromatic rings. The molecule has 0 spiro atoms. The van der Waals surface area contributed by atoms with Crippen LogP contribution in [0, 0.1) is 0 Å². The van der Waals surface area contributed by atoms with E-state index in [4.69, 9.17) is 18.9 Å². The first-order valence-electron chi connectivity index (χ1n) is 10.5. The predicted octanol–water partition coefficient (Wildman–Crippen LogP) is 4.56. The Labute approximate surface area is 205 Å². The highest BCUT2D eigenvalue weighted by molar-refractivity contribution is 7.93. The maximum absolute atomic E-state index is 12.9. The van der Waals surface area contributed by atoms with Gasteiger partial charge in [0.05, 0.1) is 45.4 Å². The van der Waals surface area contributed by atoms with Crippen molar-refractivity contribution in [3.05, 3.63) is 82.8 Å². The van der Waals surface area contributed by atoms with Crippen LogP contribution in [0.1, 0.15) is 21.5 Å². The van der Waals surface area contributed by atoms with E-state index in [1.165, 1.54) is 34.5 Å². The zero-order valence-electron chi connectivity index (χ0n) is 19.9. The molecule has 0 unspecified atom stereocenters. The summed E-state index contributed by atoms with van der Waals surface area (Å²) in [5, 5.41) is 3.88. The van der Waals surface area contributed by atoms with E-state index in [-0.39, 0.29) is 11.7 Å². The molecule has 1 N–H and O–H groups in total. The zero-order chi connectivity index (χ0) is 25.4. The van der Waals surface area contributed by atoms with Gasteiger partial charge in [0.15, 0.2) is 9.84 Å². The van der Waals surface area contributed by atoms with Gasteiger partial charge >= 0.3 is 0 Å². The van der Waals surface area contributed by atoms with Crippen molar-refractivity contribution in [3.8, 4) is 23.0 Å². The summed E-state index contributed by atoms with van der Waals surface area (Å²) in [5.41, 5.74) is 1.78. The molecular weight excluding hydrogens is 470 g/mol. The number of ether oxygens (including phenoxy) is 4. The molecule has 3 rings (SSSR count). The quantitative estimate of drug-likeness (QED) is 0.438. The summed E-state index contributed by atoms with van der Waals surface area (Å²) in [7, 11) is 2.25. The number of hydrogen-bond acceptors (Lipinski definition) is 7. The van der Waals surface area contributed by atoms with E-state index in [9.17, 15) is 13.2 Å². The Morgan fingerprint density at radius 2 is 1.46 bits per heavy atom. The van der Waals surface area contributed by atoms with Crippen molar-refractivity contribution >= 4 is 27.5 Å². The van der Waals surface area contributed by atoms with E-state index in [0.717, 1.165) is 5.41 Å². The molecule has 0 aromatic heterocycles. The fourth-order valence-electron chi connectivity index (χ4n) is 3.38. The third kappa shape index (κ3) is 6.54. The first kappa shape index (κ1) is 25.6. The van der Waals surface area contributed by atoms with Crippen molar-refractivity contribution in [2.75, 3.05) is 33.8 Å². The van der Waals surface area contributed by atoms with E-state index in [2.05, 4.69) is 5.32 Å². The molecule has 0 aliphatic carbocycles. The van der Waals surface area contributed by atoms with Crippen LogP contribution < -0.4 is 24.3 Å². The second-order valence-electron chi connectivity index (χ2n) is 7.41. The topological polar surface area (TPSA) is 100 Å². The molecule has 35 heavy (non-hydrogen) atoms. The standard InChI is InChI=1S/C26H27NO7S/c1-31-20-15-24(33-3)21(25(16-20)34-4)12-13-35(29,30)17-18-10-11-23(32-2)22(14-18)27-26(28)19-8-6-5-7-9-19/h5-16H,17H2,1-4H3,(H,27,28)/b13-12+. The Morgan fingerprint density at radius 3 is 2.03 bits per heavy atom. The largest absolute Gasteiger partial charge is 0.496 e. The maximum atomic E-state index is 12.9. The number of anilines is 1. The lowest BCUT2D eigenvalue weighted by Crippen LogP contribution is -2.13. The maximum Gasteiger partial charge on any atom is 0.255 e. The Kier molecular flexibility index (Phi) is 8.38. The lowest BCUT2D eigenvalue weighted by atomic mass is 10.1. The average molecular weight is 498 g/mol. The smallest absolute Gasteiger partial charge is 0.255 e. The molecule has 184 valence electrons. The van der Waals surface area contributed by atoms with Crippen LogP contribution in [0.15, 0.2) is 66.1 Å². The molecule has 0 saturated heterocycles. The SMILES string of the molecule is COc1cc(OC)c(/C=C/S(=O)(=O)Cc2ccc(OC)c(NC(=O)c3ccccc3)c2)c(OC)c1. The molecule has 0 fully saturated rings. The van der Waals surface area contributed by atoms with Gasteiger partial charge in [-0.3, -0.25) is 4.79 Å². The van der Waals surface area contributed by atoms with Crippen molar-refractivity contribution in [3.63, 3.8) is 0 Å². The molecule has 0 atom stereocenters. The summed E-state index contributed by atoms with van der Waals surface area (Å²) in [4.78, 5) is 12.6. The van der Waals surface area contributed by atoms with Crippen molar-refractivity contribution in [1.82, 2.24) is 0 Å². The van der Waals surface area contributed by atoms with Crippen LogP contribution in [0.25, 0.3) is 6.08 Å². The second kappa shape index (κ2) is 11.4. The normalized spacial score (nSPS) is 11.2. The van der Waals surface area contributed by atoms with Crippen LogP contribution in [-0.4, -0.2) is 42.8 Å². The molecule has 0 aliphatic rings. The number of carbonyl (C=O) groups is 1. The van der Waals surface area contributed by atoms with Crippen LogP contribution in [0.3, 0.4) is 0 Å². The van der Waals surface area contributed by atoms with Gasteiger partial charge in [0.1, 0.15) is 23.0 Å². The van der Waals surface area contributed by atoms with Crippen LogP contribution in [-0.2, 0) is 15.6 Å². The summed E-state index contributed by atoms with van der Waals surface area (Å²) in [6.07, 6.45) is 1.42. The highest BCUT2D eigenvalue weighted by Crippen LogP contribution is 2.35. The van der Waals surface area contributed by atoms with Crippen LogP contribution in [0.2, 0.25) is 0 Å². The van der Waals surface area contributed by atoms with E-state index < -0.39 is 9.84 Å². The number of methoxy groups -OCH3 is 4. The molecule has 0 aliphatic heterocycles. The molecule has 9 heteroatoms. The lowest BCUT2D eigenvalue weighted by Gasteiger charge is -2.13. The van der Waals surface area contributed by atoms with Gasteiger partial charge in [-0.1, -0.05) is 24.3 Å². The number of rotatable bonds is 10. The first-order chi connectivity index (χ1) is 16.8. The van der Waals surface area contributed by atoms with Gasteiger partial charge in [0.25, 0.3) is 5.91 Å². The average Bonchev–Trinajstić information content (AvgIpc) is 2.87. The van der Waals surface area contributed by atoms with E-state index in [1.54, 1.807) is 54.6 Å². The Hall–Kier alpha value is -3.98. The number of benzene rings is 3. The summed E-state index contributed by atoms with van der Waals surface area (Å²) in [6.45, 7) is 0. The zero-order valence-corrected chi connectivity index (χ0v) is 20.7. The van der Waals surface area contributed by atoms with Crippen molar-refractivity contribution < 1.29 is 32.2 Å². The predicted molar refractivity (Wildman–Crippen MR) is 135 cm³/mol. The third-order valence-electron chi connectivity index (χ3n) is 5.11. The number of amides is 1.